The van der Waals surface area contributed by atoms with Gasteiger partial charge in [-0.25, -0.2) is 0 Å². The number of nitriles is 1. The van der Waals surface area contributed by atoms with E-state index in [9.17, 15) is 4.79 Å². The molecule has 3 aromatic carbocycles. The average Bonchev–Trinajstić information content (AvgIpc) is 2.91. The summed E-state index contributed by atoms with van der Waals surface area (Å²) in [5, 5.41) is 18.0. The zero-order chi connectivity index (χ0) is 27.4. The number of unbranched alkanes of at least 4 members (excludes halogenated alkanes) is 1. The fourth-order valence-corrected chi connectivity index (χ4v) is 4.37. The first-order valence-corrected chi connectivity index (χ1v) is 13.4. The average molecular weight is 510 g/mol. The Hall–Kier alpha value is -3.84. The van der Waals surface area contributed by atoms with Crippen molar-refractivity contribution in [1.82, 2.24) is 0 Å². The van der Waals surface area contributed by atoms with Crippen LogP contribution in [0.3, 0.4) is 0 Å². The third-order valence-electron chi connectivity index (χ3n) is 6.78. The summed E-state index contributed by atoms with van der Waals surface area (Å²) in [4.78, 5) is 10.9. The molecule has 4 nitrogen and oxygen atoms in total. The van der Waals surface area contributed by atoms with Crippen molar-refractivity contribution in [1.29, 1.82) is 5.26 Å². The summed E-state index contributed by atoms with van der Waals surface area (Å²) in [7, 11) is 0. The Morgan fingerprint density at radius 3 is 2.29 bits per heavy atom. The molecule has 1 N–H and O–H groups in total. The molecule has 3 rings (SSSR count). The van der Waals surface area contributed by atoms with Crippen LogP contribution in [-0.2, 0) is 23.2 Å². The predicted molar refractivity (Wildman–Crippen MR) is 154 cm³/mol. The summed E-state index contributed by atoms with van der Waals surface area (Å²) in [5.74, 6) is 0.423. The van der Waals surface area contributed by atoms with Gasteiger partial charge in [-0.15, -0.1) is 0 Å². The minimum Gasteiger partial charge on any atom is -0.488 e. The first-order valence-electron chi connectivity index (χ1n) is 13.4. The topological polar surface area (TPSA) is 70.3 Å². The van der Waals surface area contributed by atoms with Gasteiger partial charge < -0.3 is 9.84 Å². The third-order valence-corrected chi connectivity index (χ3v) is 6.78. The molecule has 0 aliphatic heterocycles. The summed E-state index contributed by atoms with van der Waals surface area (Å²) in [6, 6.07) is 26.6. The fraction of sp³-hybridized carbons (Fsp3) is 0.353. The van der Waals surface area contributed by atoms with E-state index in [1.165, 1.54) is 11.1 Å². The van der Waals surface area contributed by atoms with Gasteiger partial charge in [0.1, 0.15) is 12.4 Å². The summed E-state index contributed by atoms with van der Waals surface area (Å²) < 4.78 is 6.21. The molecule has 1 atom stereocenters. The second kappa shape index (κ2) is 14.2. The molecule has 0 aromatic heterocycles. The molecule has 0 aliphatic carbocycles. The molecular formula is C34H39NO3. The molecule has 0 aliphatic rings. The minimum atomic E-state index is -0.742. The summed E-state index contributed by atoms with van der Waals surface area (Å²) in [6.45, 7) is 7.15. The van der Waals surface area contributed by atoms with E-state index in [4.69, 9.17) is 15.1 Å². The fourth-order valence-electron chi connectivity index (χ4n) is 4.37. The third kappa shape index (κ3) is 9.56. The number of aliphatic carboxylic acids is 1. The lowest BCUT2D eigenvalue weighted by atomic mass is 9.87. The van der Waals surface area contributed by atoms with Crippen molar-refractivity contribution in [3.8, 4) is 11.8 Å². The Morgan fingerprint density at radius 2 is 1.63 bits per heavy atom. The molecule has 0 bridgehead atoms. The highest BCUT2D eigenvalue weighted by atomic mass is 16.5. The van der Waals surface area contributed by atoms with E-state index in [-0.39, 0.29) is 11.8 Å². The maximum Gasteiger partial charge on any atom is 0.303 e. The number of ether oxygens (including phenoxy) is 1. The van der Waals surface area contributed by atoms with Crippen molar-refractivity contribution in [2.45, 2.75) is 71.3 Å². The number of carbonyl (C=O) groups is 1. The van der Waals surface area contributed by atoms with Crippen molar-refractivity contribution in [2.75, 3.05) is 0 Å². The zero-order valence-corrected chi connectivity index (χ0v) is 22.8. The van der Waals surface area contributed by atoms with Gasteiger partial charge in [0.15, 0.2) is 0 Å². The number of hydrogen-bond donors (Lipinski definition) is 1. The van der Waals surface area contributed by atoms with Crippen LogP contribution < -0.4 is 4.74 Å². The molecule has 198 valence electrons. The van der Waals surface area contributed by atoms with Crippen LogP contribution in [0, 0.1) is 17.2 Å². The van der Waals surface area contributed by atoms with Gasteiger partial charge in [-0.2, -0.15) is 5.26 Å². The molecule has 0 amide bonds. The number of rotatable bonds is 13. The molecule has 0 heterocycles. The quantitative estimate of drug-likeness (QED) is 0.235. The van der Waals surface area contributed by atoms with Crippen molar-refractivity contribution in [3.63, 3.8) is 0 Å². The Bertz CT molecular complexity index is 1230. The van der Waals surface area contributed by atoms with Gasteiger partial charge in [-0.05, 0) is 71.9 Å². The zero-order valence-electron chi connectivity index (χ0n) is 22.8. The van der Waals surface area contributed by atoms with Gasteiger partial charge in [0.25, 0.3) is 0 Å². The number of hydrogen-bond acceptors (Lipinski definition) is 3. The highest BCUT2D eigenvalue weighted by molar-refractivity contribution is 5.66. The lowest BCUT2D eigenvalue weighted by Crippen LogP contribution is -2.10. The van der Waals surface area contributed by atoms with Crippen LogP contribution >= 0.6 is 0 Å². The first-order chi connectivity index (χ1) is 18.2. The van der Waals surface area contributed by atoms with Gasteiger partial charge >= 0.3 is 5.97 Å². The number of aryl methyl sites for hydroxylation is 1. The molecule has 0 saturated heterocycles. The van der Waals surface area contributed by atoms with Crippen LogP contribution in [0.4, 0.5) is 0 Å². The molecule has 38 heavy (non-hydrogen) atoms. The SMILES string of the molecule is CC(C)(C)c1ccc(COc2ccccc2/C=C/C(CCCCC(=O)O)CCc2ccc(C#N)cc2)cc1. The molecular weight excluding hydrogens is 470 g/mol. The molecule has 0 spiro atoms. The summed E-state index contributed by atoms with van der Waals surface area (Å²) >= 11 is 0. The second-order valence-corrected chi connectivity index (χ2v) is 10.9. The van der Waals surface area contributed by atoms with E-state index in [2.05, 4.69) is 69.3 Å². The number of para-hydroxylation sites is 1. The van der Waals surface area contributed by atoms with Crippen LogP contribution in [0.5, 0.6) is 5.75 Å². The van der Waals surface area contributed by atoms with E-state index in [1.807, 2.05) is 42.5 Å². The lowest BCUT2D eigenvalue weighted by Gasteiger charge is -2.19. The van der Waals surface area contributed by atoms with Gasteiger partial charge in [0.05, 0.1) is 11.6 Å². The smallest absolute Gasteiger partial charge is 0.303 e. The maximum atomic E-state index is 10.9. The Balaban J connectivity index is 1.66. The van der Waals surface area contributed by atoms with E-state index < -0.39 is 5.97 Å². The molecule has 3 aromatic rings. The summed E-state index contributed by atoms with van der Waals surface area (Å²) in [5.41, 5.74) is 5.47. The highest BCUT2D eigenvalue weighted by Crippen LogP contribution is 2.26. The lowest BCUT2D eigenvalue weighted by molar-refractivity contribution is -0.137. The maximum absolute atomic E-state index is 10.9. The monoisotopic (exact) mass is 509 g/mol. The molecule has 4 heteroatoms. The van der Waals surface area contributed by atoms with Gasteiger partial charge in [0, 0.05) is 12.0 Å². The van der Waals surface area contributed by atoms with Crippen molar-refractivity contribution in [2.24, 2.45) is 5.92 Å². The van der Waals surface area contributed by atoms with Gasteiger partial charge in [-0.1, -0.05) is 93.9 Å². The number of carboxylic acid groups (broad SMARTS) is 1. The van der Waals surface area contributed by atoms with Crippen LogP contribution in [0.25, 0.3) is 6.08 Å². The Kier molecular flexibility index (Phi) is 10.7. The van der Waals surface area contributed by atoms with E-state index in [1.54, 1.807) is 0 Å². The van der Waals surface area contributed by atoms with Crippen molar-refractivity contribution in [3.05, 3.63) is 107 Å². The first kappa shape index (κ1) is 28.7. The van der Waals surface area contributed by atoms with Crippen molar-refractivity contribution >= 4 is 12.0 Å². The molecule has 0 fully saturated rings. The number of nitrogens with zero attached hydrogens (tertiary/aromatic N) is 1. The number of carboxylic acids is 1. The largest absolute Gasteiger partial charge is 0.488 e. The number of allylic oxidation sites excluding steroid dienone is 1. The normalized spacial score (nSPS) is 12.3. The van der Waals surface area contributed by atoms with Crippen LogP contribution in [0.2, 0.25) is 0 Å². The molecule has 1 unspecified atom stereocenters. The number of benzene rings is 3. The van der Waals surface area contributed by atoms with Crippen LogP contribution in [0.1, 0.15) is 80.7 Å². The minimum absolute atomic E-state index is 0.126. The van der Waals surface area contributed by atoms with E-state index in [0.29, 0.717) is 24.5 Å². The van der Waals surface area contributed by atoms with Crippen LogP contribution in [-0.4, -0.2) is 11.1 Å². The Morgan fingerprint density at radius 1 is 0.947 bits per heavy atom. The molecule has 0 radical (unpaired) electrons. The second-order valence-electron chi connectivity index (χ2n) is 10.9. The van der Waals surface area contributed by atoms with E-state index in [0.717, 1.165) is 42.6 Å². The standard InChI is InChI=1S/C34H39NO3/c1-34(2,3)31-22-19-29(20-23-31)25-38-32-10-6-5-9-30(32)21-18-26(8-4-7-11-33(36)37)12-13-27-14-16-28(24-35)17-15-27/h5-6,9-10,14-23,26H,4,7-8,11-13,25H2,1-3H3,(H,36,37)/b21-18+. The predicted octanol–water partition coefficient (Wildman–Crippen LogP) is 8.34. The van der Waals surface area contributed by atoms with Gasteiger partial charge in [-0.3, -0.25) is 4.79 Å². The highest BCUT2D eigenvalue weighted by Gasteiger charge is 2.13. The molecule has 0 saturated carbocycles. The summed E-state index contributed by atoms with van der Waals surface area (Å²) in [6.07, 6.45) is 8.94. The van der Waals surface area contributed by atoms with Gasteiger partial charge in [0.2, 0.25) is 0 Å². The van der Waals surface area contributed by atoms with Crippen LogP contribution in [0.15, 0.2) is 78.9 Å². The van der Waals surface area contributed by atoms with E-state index >= 15 is 0 Å². The van der Waals surface area contributed by atoms with Crippen molar-refractivity contribution < 1.29 is 14.6 Å². The Labute approximate surface area is 227 Å².